The quantitative estimate of drug-likeness (QED) is 0.389. The van der Waals surface area contributed by atoms with Crippen molar-refractivity contribution >= 4 is 39.7 Å². The summed E-state index contributed by atoms with van der Waals surface area (Å²) in [5.74, 6) is 0. The van der Waals surface area contributed by atoms with Crippen LogP contribution in [0.5, 0.6) is 0 Å². The average Bonchev–Trinajstić information content (AvgIpc) is 2.39. The van der Waals surface area contributed by atoms with E-state index >= 15 is 0 Å². The molecule has 0 aliphatic heterocycles. The molecule has 0 aromatic heterocycles. The smallest absolute Gasteiger partial charge is 1.00 e. The molecule has 0 spiro atoms. The van der Waals surface area contributed by atoms with Crippen molar-refractivity contribution in [3.05, 3.63) is 12.7 Å². The zero-order valence-corrected chi connectivity index (χ0v) is 21.7. The Kier molecular flexibility index (Phi) is 16.0. The summed E-state index contributed by atoms with van der Waals surface area (Å²) in [6.07, 6.45) is 3.88. The summed E-state index contributed by atoms with van der Waals surface area (Å²) in [5, 5.41) is 0.223. The summed E-state index contributed by atoms with van der Waals surface area (Å²) in [5.41, 5.74) is 0. The van der Waals surface area contributed by atoms with Crippen molar-refractivity contribution in [2.75, 3.05) is 6.61 Å². The van der Waals surface area contributed by atoms with Gasteiger partial charge in [-0.3, -0.25) is 6.58 Å². The largest absolute Gasteiger partial charge is 2.00 e. The SMILES string of the molecule is C=[C-]C[C@@H](CO[Si](CC)(CC)CC)O[Si](C)(C)C(C)(C)C.[Br-].[Mg+2]. The Morgan fingerprint density at radius 1 is 1.04 bits per heavy atom. The van der Waals surface area contributed by atoms with Gasteiger partial charge in [-0.1, -0.05) is 41.5 Å². The maximum atomic E-state index is 6.51. The van der Waals surface area contributed by atoms with Gasteiger partial charge in [0.2, 0.25) is 0 Å². The van der Waals surface area contributed by atoms with Gasteiger partial charge in [0.15, 0.2) is 16.6 Å². The third kappa shape index (κ3) is 9.56. The molecule has 23 heavy (non-hydrogen) atoms. The van der Waals surface area contributed by atoms with Gasteiger partial charge in [-0.15, -0.1) is 0 Å². The van der Waals surface area contributed by atoms with E-state index < -0.39 is 16.6 Å². The van der Waals surface area contributed by atoms with Crippen LogP contribution in [-0.2, 0) is 8.85 Å². The van der Waals surface area contributed by atoms with E-state index in [1.807, 2.05) is 0 Å². The van der Waals surface area contributed by atoms with Gasteiger partial charge in [0.1, 0.15) is 0 Å². The molecule has 0 unspecified atom stereocenters. The molecular weight excluding hydrogens is 397 g/mol. The van der Waals surface area contributed by atoms with E-state index in [2.05, 4.69) is 67.3 Å². The number of rotatable bonds is 10. The Morgan fingerprint density at radius 2 is 1.48 bits per heavy atom. The van der Waals surface area contributed by atoms with E-state index in [-0.39, 0.29) is 51.2 Å². The van der Waals surface area contributed by atoms with Crippen LogP contribution in [-0.4, -0.2) is 52.4 Å². The molecule has 0 amide bonds. The van der Waals surface area contributed by atoms with Gasteiger partial charge in [0.05, 0.1) is 6.61 Å². The molecule has 0 aliphatic carbocycles. The van der Waals surface area contributed by atoms with Crippen LogP contribution in [0.15, 0.2) is 6.58 Å². The van der Waals surface area contributed by atoms with Crippen LogP contribution >= 0.6 is 0 Å². The fraction of sp³-hybridized carbons (Fsp3) is 0.882. The van der Waals surface area contributed by atoms with E-state index in [1.165, 1.54) is 18.1 Å². The molecule has 0 bridgehead atoms. The zero-order valence-electron chi connectivity index (χ0n) is 16.7. The Balaban J connectivity index is -0.00000200. The van der Waals surface area contributed by atoms with Crippen molar-refractivity contribution < 1.29 is 25.8 Å². The average molecular weight is 434 g/mol. The fourth-order valence-corrected chi connectivity index (χ4v) is 6.21. The van der Waals surface area contributed by atoms with Crippen LogP contribution in [0.2, 0.25) is 36.3 Å². The first kappa shape index (κ1) is 29.1. The molecule has 0 aromatic rings. The van der Waals surface area contributed by atoms with Crippen LogP contribution in [0.25, 0.3) is 0 Å². The minimum Gasteiger partial charge on any atom is -1.00 e. The molecule has 1 atom stereocenters. The van der Waals surface area contributed by atoms with Crippen molar-refractivity contribution in [1.82, 2.24) is 0 Å². The van der Waals surface area contributed by atoms with E-state index in [4.69, 9.17) is 8.85 Å². The summed E-state index contributed by atoms with van der Waals surface area (Å²) in [6, 6.07) is 3.56. The number of halogens is 1. The Labute approximate surface area is 174 Å². The molecule has 0 aromatic carbocycles. The van der Waals surface area contributed by atoms with E-state index in [1.54, 1.807) is 0 Å². The van der Waals surface area contributed by atoms with Crippen molar-refractivity contribution in [3.8, 4) is 0 Å². The Hall–Kier alpha value is 1.34. The van der Waals surface area contributed by atoms with Gasteiger partial charge < -0.3 is 31.9 Å². The van der Waals surface area contributed by atoms with Gasteiger partial charge in [0.25, 0.3) is 0 Å². The molecule has 0 aliphatic rings. The molecule has 0 saturated heterocycles. The molecule has 0 radical (unpaired) electrons. The summed E-state index contributed by atoms with van der Waals surface area (Å²) >= 11 is 0. The third-order valence-corrected chi connectivity index (χ3v) is 14.3. The first-order valence-corrected chi connectivity index (χ1v) is 13.8. The molecule has 6 heteroatoms. The van der Waals surface area contributed by atoms with Gasteiger partial charge in [-0.2, -0.15) is 6.42 Å². The van der Waals surface area contributed by atoms with Gasteiger partial charge in [0, 0.05) is 6.10 Å². The van der Waals surface area contributed by atoms with E-state index in [0.29, 0.717) is 6.61 Å². The molecule has 0 heterocycles. The maximum absolute atomic E-state index is 6.51. The van der Waals surface area contributed by atoms with Crippen molar-refractivity contribution in [2.24, 2.45) is 0 Å². The van der Waals surface area contributed by atoms with Crippen LogP contribution in [0.3, 0.4) is 0 Å². The minimum atomic E-state index is -1.76. The second-order valence-corrected chi connectivity index (χ2v) is 17.0. The third-order valence-electron chi connectivity index (χ3n) is 5.15. The predicted molar refractivity (Wildman–Crippen MR) is 104 cm³/mol. The molecule has 0 rings (SSSR count). The van der Waals surface area contributed by atoms with Crippen LogP contribution < -0.4 is 17.0 Å². The topological polar surface area (TPSA) is 18.5 Å². The summed E-state index contributed by atoms with van der Waals surface area (Å²) in [4.78, 5) is 0. The van der Waals surface area contributed by atoms with Crippen molar-refractivity contribution in [2.45, 2.75) is 90.3 Å². The molecule has 0 saturated carbocycles. The Morgan fingerprint density at radius 3 is 1.78 bits per heavy atom. The second-order valence-electron chi connectivity index (χ2n) is 7.51. The molecule has 0 fully saturated rings. The van der Waals surface area contributed by atoms with Crippen molar-refractivity contribution in [1.29, 1.82) is 0 Å². The van der Waals surface area contributed by atoms with E-state index in [0.717, 1.165) is 6.42 Å². The summed E-state index contributed by atoms with van der Waals surface area (Å²) < 4.78 is 12.9. The van der Waals surface area contributed by atoms with Crippen LogP contribution in [0.4, 0.5) is 0 Å². The summed E-state index contributed by atoms with van der Waals surface area (Å²) in [7, 11) is -3.31. The van der Waals surface area contributed by atoms with Gasteiger partial charge in [-0.25, -0.2) is 0 Å². The maximum Gasteiger partial charge on any atom is 2.00 e. The van der Waals surface area contributed by atoms with Crippen LogP contribution in [0.1, 0.15) is 48.0 Å². The first-order chi connectivity index (χ1) is 9.57. The number of hydrogen-bond donors (Lipinski definition) is 0. The zero-order chi connectivity index (χ0) is 16.7. The minimum absolute atomic E-state index is 0. The molecule has 134 valence electrons. The molecule has 0 N–H and O–H groups in total. The second kappa shape index (κ2) is 12.7. The molecule has 2 nitrogen and oxygen atoms in total. The van der Waals surface area contributed by atoms with E-state index in [9.17, 15) is 0 Å². The molecular formula is C17H37BrMgO2Si2. The predicted octanol–water partition coefficient (Wildman–Crippen LogP) is 2.40. The fourth-order valence-electron chi connectivity index (χ4n) is 2.21. The monoisotopic (exact) mass is 432 g/mol. The summed E-state index contributed by atoms with van der Waals surface area (Å²) in [6.45, 7) is 22.7. The van der Waals surface area contributed by atoms with Gasteiger partial charge in [-0.05, 0) is 36.3 Å². The van der Waals surface area contributed by atoms with Crippen LogP contribution in [0, 0.1) is 6.08 Å². The normalized spacial score (nSPS) is 13.7. The standard InChI is InChI=1S/C17H37O2Si2.BrH.Mg/c1-10-14-16(19-20(8,9)17(5,6)7)15-18-21(11-2,12-3)13-4;;/h16H,1,11-15H2,2-9H3;1H;/q-1;;+2/p-1/t16-;;/m0../s1. The first-order valence-electron chi connectivity index (χ1n) is 8.39. The Bertz CT molecular complexity index is 308. The van der Waals surface area contributed by atoms with Gasteiger partial charge >= 0.3 is 23.1 Å². The van der Waals surface area contributed by atoms with Crippen molar-refractivity contribution in [3.63, 3.8) is 0 Å². The number of hydrogen-bond acceptors (Lipinski definition) is 2.